The lowest BCUT2D eigenvalue weighted by molar-refractivity contribution is 0.0540. The van der Waals surface area contributed by atoms with Crippen LogP contribution in [0.25, 0.3) is 22.5 Å². The number of amides is 1. The molecule has 1 saturated heterocycles. The van der Waals surface area contributed by atoms with Crippen molar-refractivity contribution in [3.05, 3.63) is 71.8 Å². The molecule has 7 nitrogen and oxygen atoms in total. The van der Waals surface area contributed by atoms with Crippen molar-refractivity contribution in [1.29, 1.82) is 0 Å². The van der Waals surface area contributed by atoms with Crippen LogP contribution in [0.15, 0.2) is 59.3 Å². The summed E-state index contributed by atoms with van der Waals surface area (Å²) in [7, 11) is 0. The number of oxazole rings is 1. The number of hydrogen-bond donors (Lipinski definition) is 1. The van der Waals surface area contributed by atoms with E-state index in [2.05, 4.69) is 27.2 Å². The maximum Gasteiger partial charge on any atom is 0.295 e. The quantitative estimate of drug-likeness (QED) is 0.448. The van der Waals surface area contributed by atoms with Gasteiger partial charge in [-0.05, 0) is 61.6 Å². The van der Waals surface area contributed by atoms with Crippen LogP contribution < -0.4 is 5.32 Å². The number of hydrogen-bond acceptors (Lipinski definition) is 6. The Morgan fingerprint density at radius 3 is 2.76 bits per heavy atom. The van der Waals surface area contributed by atoms with Crippen LogP contribution in [-0.4, -0.2) is 44.9 Å². The van der Waals surface area contributed by atoms with Crippen LogP contribution in [0.4, 0.5) is 10.4 Å². The summed E-state index contributed by atoms with van der Waals surface area (Å²) in [5.41, 5.74) is 2.71. The van der Waals surface area contributed by atoms with Gasteiger partial charge in [0, 0.05) is 31.0 Å². The van der Waals surface area contributed by atoms with E-state index >= 15 is 0 Å². The molecular weight excluding hydrogens is 433 g/mol. The number of nitrogens with zero attached hydrogens (tertiary/aromatic N) is 4. The van der Waals surface area contributed by atoms with Crippen LogP contribution in [0.5, 0.6) is 0 Å². The summed E-state index contributed by atoms with van der Waals surface area (Å²) in [4.78, 5) is 28.8. The first-order valence-corrected chi connectivity index (χ1v) is 11.5. The predicted molar refractivity (Wildman–Crippen MR) is 128 cm³/mol. The standard InChI is InChI=1S/C26H26FN5O2/c1-16-7-5-14-32(21(16)15-30-26-31-20-8-3-4-9-22(20)34-26)25(33)18-10-11-19(27)17(2)23(18)24-28-12-6-13-29-24/h3-4,6,8-13,16,21H,5,7,14-15H2,1-2H3,(H,30,31)/t16-,21-/m1/s1. The molecular formula is C26H26FN5O2. The molecule has 3 heterocycles. The van der Waals surface area contributed by atoms with Crippen molar-refractivity contribution in [2.24, 2.45) is 5.92 Å². The van der Waals surface area contributed by atoms with Gasteiger partial charge in [-0.1, -0.05) is 19.1 Å². The highest BCUT2D eigenvalue weighted by Gasteiger charge is 2.34. The van der Waals surface area contributed by atoms with Gasteiger partial charge in [-0.25, -0.2) is 14.4 Å². The summed E-state index contributed by atoms with van der Waals surface area (Å²) in [5.74, 6) is 0.0725. The van der Waals surface area contributed by atoms with Gasteiger partial charge in [-0.3, -0.25) is 4.79 Å². The van der Waals surface area contributed by atoms with Gasteiger partial charge in [-0.2, -0.15) is 4.98 Å². The molecule has 2 aromatic heterocycles. The molecule has 0 saturated carbocycles. The van der Waals surface area contributed by atoms with E-state index < -0.39 is 0 Å². The van der Waals surface area contributed by atoms with Crippen LogP contribution in [0.3, 0.4) is 0 Å². The lowest BCUT2D eigenvalue weighted by Crippen LogP contribution is -2.51. The molecule has 1 N–H and O–H groups in total. The minimum absolute atomic E-state index is 0.0776. The van der Waals surface area contributed by atoms with Gasteiger partial charge >= 0.3 is 0 Å². The smallest absolute Gasteiger partial charge is 0.295 e. The zero-order valence-corrected chi connectivity index (χ0v) is 19.2. The van der Waals surface area contributed by atoms with Crippen LogP contribution in [-0.2, 0) is 0 Å². The number of benzene rings is 2. The molecule has 1 aliphatic heterocycles. The van der Waals surface area contributed by atoms with Crippen LogP contribution >= 0.6 is 0 Å². The van der Waals surface area contributed by atoms with E-state index in [9.17, 15) is 9.18 Å². The zero-order chi connectivity index (χ0) is 23.7. The summed E-state index contributed by atoms with van der Waals surface area (Å²) < 4.78 is 20.3. The second-order valence-corrected chi connectivity index (χ2v) is 8.72. The maximum atomic E-state index is 14.5. The molecule has 0 bridgehead atoms. The number of rotatable bonds is 5. The lowest BCUT2D eigenvalue weighted by Gasteiger charge is -2.40. The first-order chi connectivity index (χ1) is 16.5. The highest BCUT2D eigenvalue weighted by Crippen LogP contribution is 2.31. The van der Waals surface area contributed by atoms with Crippen molar-refractivity contribution >= 4 is 23.0 Å². The van der Waals surface area contributed by atoms with Crippen molar-refractivity contribution in [2.75, 3.05) is 18.4 Å². The largest absolute Gasteiger partial charge is 0.424 e. The SMILES string of the molecule is Cc1c(F)ccc(C(=O)N2CCC[C@@H](C)[C@H]2CNc2nc3ccccc3o2)c1-c1ncccn1. The molecule has 1 aliphatic rings. The lowest BCUT2D eigenvalue weighted by atomic mass is 9.89. The highest BCUT2D eigenvalue weighted by molar-refractivity contribution is 6.01. The fraction of sp³-hybridized carbons (Fsp3) is 0.308. The van der Waals surface area contributed by atoms with Gasteiger partial charge in [0.15, 0.2) is 11.4 Å². The summed E-state index contributed by atoms with van der Waals surface area (Å²) in [6.07, 6.45) is 5.11. The van der Waals surface area contributed by atoms with E-state index in [0.717, 1.165) is 18.4 Å². The van der Waals surface area contributed by atoms with Crippen LogP contribution in [0.2, 0.25) is 0 Å². The van der Waals surface area contributed by atoms with Crippen molar-refractivity contribution in [3.8, 4) is 11.4 Å². The van der Waals surface area contributed by atoms with E-state index in [1.807, 2.05) is 29.2 Å². The van der Waals surface area contributed by atoms with E-state index in [1.165, 1.54) is 6.07 Å². The van der Waals surface area contributed by atoms with Gasteiger partial charge < -0.3 is 14.6 Å². The third-order valence-corrected chi connectivity index (χ3v) is 6.55. The number of anilines is 1. The number of carbonyl (C=O) groups excluding carboxylic acids is 1. The van der Waals surface area contributed by atoms with E-state index in [4.69, 9.17) is 4.42 Å². The number of halogens is 1. The Morgan fingerprint density at radius 1 is 1.18 bits per heavy atom. The van der Waals surface area contributed by atoms with Gasteiger partial charge in [0.25, 0.3) is 11.9 Å². The topological polar surface area (TPSA) is 84.2 Å². The number of nitrogens with one attached hydrogen (secondary N) is 1. The van der Waals surface area contributed by atoms with Gasteiger partial charge in [0.1, 0.15) is 11.3 Å². The molecule has 0 aliphatic carbocycles. The minimum atomic E-state index is -0.389. The monoisotopic (exact) mass is 459 g/mol. The van der Waals surface area contributed by atoms with Crippen molar-refractivity contribution in [1.82, 2.24) is 19.9 Å². The van der Waals surface area contributed by atoms with Crippen molar-refractivity contribution < 1.29 is 13.6 Å². The van der Waals surface area contributed by atoms with E-state index in [1.54, 1.807) is 31.5 Å². The summed E-state index contributed by atoms with van der Waals surface area (Å²) >= 11 is 0. The average Bonchev–Trinajstić information content (AvgIpc) is 3.28. The Bertz CT molecular complexity index is 1290. The number of carbonyl (C=O) groups is 1. The molecule has 8 heteroatoms. The second-order valence-electron chi connectivity index (χ2n) is 8.72. The number of likely N-dealkylation sites (tertiary alicyclic amines) is 1. The summed E-state index contributed by atoms with van der Waals surface area (Å²) in [6, 6.07) is 12.5. The van der Waals surface area contributed by atoms with Gasteiger partial charge in [-0.15, -0.1) is 0 Å². The minimum Gasteiger partial charge on any atom is -0.424 e. The van der Waals surface area contributed by atoms with Crippen LogP contribution in [0, 0.1) is 18.7 Å². The highest BCUT2D eigenvalue weighted by atomic mass is 19.1. The maximum absolute atomic E-state index is 14.5. The molecule has 34 heavy (non-hydrogen) atoms. The number of piperidine rings is 1. The first kappa shape index (κ1) is 22.0. The molecule has 5 rings (SSSR count). The van der Waals surface area contributed by atoms with Crippen molar-refractivity contribution in [3.63, 3.8) is 0 Å². The molecule has 4 aromatic rings. The van der Waals surface area contributed by atoms with Gasteiger partial charge in [0.05, 0.1) is 11.6 Å². The predicted octanol–water partition coefficient (Wildman–Crippen LogP) is 5.09. The normalized spacial score (nSPS) is 18.3. The van der Waals surface area contributed by atoms with E-state index in [-0.39, 0.29) is 23.7 Å². The summed E-state index contributed by atoms with van der Waals surface area (Å²) in [5, 5.41) is 3.28. The molecule has 2 aromatic carbocycles. The Labute approximate surface area is 197 Å². The van der Waals surface area contributed by atoms with Gasteiger partial charge in [0.2, 0.25) is 0 Å². The molecule has 0 unspecified atom stereocenters. The molecule has 2 atom stereocenters. The molecule has 174 valence electrons. The van der Waals surface area contributed by atoms with E-state index in [0.29, 0.717) is 47.2 Å². The Kier molecular flexibility index (Phi) is 5.96. The Morgan fingerprint density at radius 2 is 1.97 bits per heavy atom. The number of fused-ring (bicyclic) bond motifs is 1. The molecule has 1 fully saturated rings. The molecule has 0 spiro atoms. The average molecular weight is 460 g/mol. The van der Waals surface area contributed by atoms with Crippen molar-refractivity contribution in [2.45, 2.75) is 32.7 Å². The Hall–Kier alpha value is -3.81. The number of aromatic nitrogens is 3. The Balaban J connectivity index is 1.44. The van der Waals surface area contributed by atoms with Crippen LogP contribution in [0.1, 0.15) is 35.7 Å². The first-order valence-electron chi connectivity index (χ1n) is 11.5. The third kappa shape index (κ3) is 4.11. The fourth-order valence-electron chi connectivity index (χ4n) is 4.69. The second kappa shape index (κ2) is 9.21. The summed E-state index contributed by atoms with van der Waals surface area (Å²) in [6.45, 7) is 4.92. The zero-order valence-electron chi connectivity index (χ0n) is 19.2. The fourth-order valence-corrected chi connectivity index (χ4v) is 4.69. The third-order valence-electron chi connectivity index (χ3n) is 6.55. The molecule has 1 amide bonds. The molecule has 0 radical (unpaired) electrons. The number of para-hydroxylation sites is 2.